The number of methoxy groups -OCH3 is 1. The minimum absolute atomic E-state index is 0.115. The lowest BCUT2D eigenvalue weighted by Gasteiger charge is -2.15. The predicted molar refractivity (Wildman–Crippen MR) is 161 cm³/mol. The Morgan fingerprint density at radius 2 is 1.65 bits per heavy atom. The lowest BCUT2D eigenvalue weighted by Crippen LogP contribution is -2.17. The maximum atomic E-state index is 12.4. The first-order valence-electron chi connectivity index (χ1n) is 13.4. The van der Waals surface area contributed by atoms with E-state index in [0.29, 0.717) is 34.2 Å². The van der Waals surface area contributed by atoms with Crippen LogP contribution in [-0.2, 0) is 9.59 Å². The largest absolute Gasteiger partial charge is 0.495 e. The van der Waals surface area contributed by atoms with Crippen LogP contribution in [0.1, 0.15) is 87.7 Å². The summed E-state index contributed by atoms with van der Waals surface area (Å²) < 4.78 is 5.21. The Kier molecular flexibility index (Phi) is 15.1. The van der Waals surface area contributed by atoms with Crippen LogP contribution >= 0.6 is 0 Å². The number of nitrogens with zero attached hydrogens (tertiary/aromatic N) is 1. The van der Waals surface area contributed by atoms with Gasteiger partial charge < -0.3 is 15.4 Å². The van der Waals surface area contributed by atoms with E-state index in [1.54, 1.807) is 31.2 Å². The van der Waals surface area contributed by atoms with Crippen LogP contribution in [0.4, 0.5) is 5.69 Å². The zero-order valence-electron chi connectivity index (χ0n) is 24.5. The molecule has 2 aromatic carbocycles. The lowest BCUT2D eigenvalue weighted by atomic mass is 9.90. The SMILES string of the molecule is C=C(/C=C\C(=C/C)C(=O)Nc1cc(C(C)=O)ccc1OC)NC(C)=O.CCCC(CCC)c1ccc(C#N)cc1. The fourth-order valence-corrected chi connectivity index (χ4v) is 3.98. The third-order valence-corrected chi connectivity index (χ3v) is 6.01. The molecule has 0 saturated carbocycles. The molecule has 7 nitrogen and oxygen atoms in total. The molecule has 0 aliphatic rings. The number of benzene rings is 2. The smallest absolute Gasteiger partial charge is 0.255 e. The summed E-state index contributed by atoms with van der Waals surface area (Å²) in [6.07, 6.45) is 9.64. The van der Waals surface area contributed by atoms with Gasteiger partial charge in [0.15, 0.2) is 5.78 Å². The zero-order chi connectivity index (χ0) is 30.1. The fourth-order valence-electron chi connectivity index (χ4n) is 3.98. The summed E-state index contributed by atoms with van der Waals surface area (Å²) in [7, 11) is 1.48. The van der Waals surface area contributed by atoms with Crippen LogP contribution in [0.5, 0.6) is 5.75 Å². The summed E-state index contributed by atoms with van der Waals surface area (Å²) in [6.45, 7) is 12.7. The number of amides is 2. The number of carbonyl (C=O) groups excluding carboxylic acids is 3. The van der Waals surface area contributed by atoms with Gasteiger partial charge in [0.1, 0.15) is 5.75 Å². The molecule has 0 heterocycles. The number of Topliss-reactive ketones (excluding diaryl/α,β-unsaturated/α-hetero) is 1. The van der Waals surface area contributed by atoms with Crippen molar-refractivity contribution >= 4 is 23.3 Å². The number of ether oxygens (including phenoxy) is 1. The van der Waals surface area contributed by atoms with Crippen LogP contribution in [0.15, 0.2) is 78.5 Å². The van der Waals surface area contributed by atoms with Gasteiger partial charge in [0.05, 0.1) is 24.4 Å². The van der Waals surface area contributed by atoms with Crippen molar-refractivity contribution in [1.82, 2.24) is 5.32 Å². The predicted octanol–water partition coefficient (Wildman–Crippen LogP) is 7.23. The summed E-state index contributed by atoms with van der Waals surface area (Å²) >= 11 is 0. The van der Waals surface area contributed by atoms with Crippen LogP contribution in [0.25, 0.3) is 0 Å². The van der Waals surface area contributed by atoms with Gasteiger partial charge in [-0.05, 0) is 80.7 Å². The molecule has 40 heavy (non-hydrogen) atoms. The van der Waals surface area contributed by atoms with Crippen molar-refractivity contribution in [2.75, 3.05) is 12.4 Å². The number of hydrogen-bond donors (Lipinski definition) is 2. The average Bonchev–Trinajstić information content (AvgIpc) is 2.93. The van der Waals surface area contributed by atoms with E-state index in [4.69, 9.17) is 10.00 Å². The van der Waals surface area contributed by atoms with Gasteiger partial charge in [-0.1, -0.05) is 51.5 Å². The molecule has 0 fully saturated rings. The van der Waals surface area contributed by atoms with Crippen LogP contribution in [0.3, 0.4) is 0 Å². The molecule has 7 heteroatoms. The van der Waals surface area contributed by atoms with Crippen molar-refractivity contribution in [3.8, 4) is 11.8 Å². The monoisotopic (exact) mass is 543 g/mol. The first kappa shape index (κ1) is 33.6. The Balaban J connectivity index is 0.000000453. The number of anilines is 1. The molecule has 212 valence electrons. The second-order valence-electron chi connectivity index (χ2n) is 9.22. The van der Waals surface area contributed by atoms with Crippen LogP contribution in [0.2, 0.25) is 0 Å². The van der Waals surface area contributed by atoms with Crippen LogP contribution < -0.4 is 15.4 Å². The second kappa shape index (κ2) is 18.0. The van der Waals surface area contributed by atoms with Crippen LogP contribution in [0, 0.1) is 11.3 Å². The molecular weight excluding hydrogens is 502 g/mol. The van der Waals surface area contributed by atoms with E-state index >= 15 is 0 Å². The van der Waals surface area contributed by atoms with Crippen molar-refractivity contribution in [3.05, 3.63) is 95.2 Å². The number of nitrogens with one attached hydrogen (secondary N) is 2. The molecule has 0 bridgehead atoms. The Bertz CT molecular complexity index is 1260. The van der Waals surface area contributed by atoms with Crippen molar-refractivity contribution in [3.63, 3.8) is 0 Å². The number of nitriles is 1. The molecule has 2 amide bonds. The molecule has 2 rings (SSSR count). The summed E-state index contributed by atoms with van der Waals surface area (Å²) in [6, 6.07) is 15.0. The van der Waals surface area contributed by atoms with Crippen molar-refractivity contribution in [2.24, 2.45) is 0 Å². The molecular formula is C33H41N3O4. The molecule has 0 aliphatic carbocycles. The number of rotatable bonds is 12. The summed E-state index contributed by atoms with van der Waals surface area (Å²) in [4.78, 5) is 34.9. The van der Waals surface area contributed by atoms with E-state index in [9.17, 15) is 14.4 Å². The van der Waals surface area contributed by atoms with Gasteiger partial charge >= 0.3 is 0 Å². The standard InChI is InChI=1S/C19H22N2O4.C14H19N/c1-6-15(8-7-12(2)20-14(4)23)19(24)21-17-11-16(13(3)22)9-10-18(17)25-5;1-3-5-13(6-4-2)14-9-7-12(11-15)8-10-14/h6-11H,2H2,1,3-5H3,(H,20,23)(H,21,24);7-10,13H,3-6H2,1-2H3/b8-7-,15-6+;. The number of ketones is 1. The van der Waals surface area contributed by atoms with Gasteiger partial charge in [-0.15, -0.1) is 0 Å². The average molecular weight is 544 g/mol. The third kappa shape index (κ3) is 11.5. The number of hydrogen-bond acceptors (Lipinski definition) is 5. The van der Waals surface area contributed by atoms with Gasteiger partial charge in [-0.3, -0.25) is 14.4 Å². The first-order valence-corrected chi connectivity index (χ1v) is 13.4. The maximum Gasteiger partial charge on any atom is 0.255 e. The fraction of sp³-hybridized carbons (Fsp3) is 0.333. The summed E-state index contributed by atoms with van der Waals surface area (Å²) in [5.41, 5.74) is 3.74. The molecule has 2 aromatic rings. The van der Waals surface area contributed by atoms with Gasteiger partial charge in [0.25, 0.3) is 5.91 Å². The zero-order valence-corrected chi connectivity index (χ0v) is 24.5. The highest BCUT2D eigenvalue weighted by atomic mass is 16.5. The van der Waals surface area contributed by atoms with E-state index in [-0.39, 0.29) is 17.6 Å². The van der Waals surface area contributed by atoms with Gasteiger partial charge in [-0.2, -0.15) is 5.26 Å². The molecule has 0 radical (unpaired) electrons. The Hall–Kier alpha value is -4.44. The minimum atomic E-state index is -0.381. The molecule has 2 N–H and O–H groups in total. The van der Waals surface area contributed by atoms with E-state index in [1.165, 1.54) is 64.4 Å². The van der Waals surface area contributed by atoms with Crippen LogP contribution in [-0.4, -0.2) is 24.7 Å². The normalized spacial score (nSPS) is 10.8. The van der Waals surface area contributed by atoms with Gasteiger partial charge in [0, 0.05) is 23.8 Å². The Morgan fingerprint density at radius 1 is 1.02 bits per heavy atom. The molecule has 0 unspecified atom stereocenters. The van der Waals surface area contributed by atoms with Gasteiger partial charge in [-0.25, -0.2) is 0 Å². The molecule has 0 aliphatic heterocycles. The molecule has 0 atom stereocenters. The Morgan fingerprint density at radius 3 is 2.12 bits per heavy atom. The number of carbonyl (C=O) groups is 3. The third-order valence-electron chi connectivity index (χ3n) is 6.01. The van der Waals surface area contributed by atoms with Crippen molar-refractivity contribution < 1.29 is 19.1 Å². The van der Waals surface area contributed by atoms with E-state index in [1.807, 2.05) is 12.1 Å². The lowest BCUT2D eigenvalue weighted by molar-refractivity contribution is -0.118. The van der Waals surface area contributed by atoms with Crippen molar-refractivity contribution in [1.29, 1.82) is 5.26 Å². The van der Waals surface area contributed by atoms with E-state index in [0.717, 1.165) is 5.56 Å². The van der Waals surface area contributed by atoms with E-state index in [2.05, 4.69) is 49.3 Å². The van der Waals surface area contributed by atoms with Crippen molar-refractivity contribution in [2.45, 2.75) is 66.2 Å². The van der Waals surface area contributed by atoms with E-state index < -0.39 is 0 Å². The Labute approximate surface area is 238 Å². The molecule has 0 saturated heterocycles. The minimum Gasteiger partial charge on any atom is -0.495 e. The quantitative estimate of drug-likeness (QED) is 0.167. The highest BCUT2D eigenvalue weighted by Gasteiger charge is 2.12. The summed E-state index contributed by atoms with van der Waals surface area (Å²) in [5.74, 6) is 0.379. The number of allylic oxidation sites excluding steroid dienone is 2. The first-order chi connectivity index (χ1) is 19.1. The summed E-state index contributed by atoms with van der Waals surface area (Å²) in [5, 5.41) is 14.0. The maximum absolute atomic E-state index is 12.4. The highest BCUT2D eigenvalue weighted by Crippen LogP contribution is 2.27. The second-order valence-corrected chi connectivity index (χ2v) is 9.22. The molecule has 0 spiro atoms. The topological polar surface area (TPSA) is 108 Å². The molecule has 0 aromatic heterocycles. The van der Waals surface area contributed by atoms with Gasteiger partial charge in [0.2, 0.25) is 5.91 Å². The highest BCUT2D eigenvalue weighted by molar-refractivity contribution is 6.07.